The van der Waals surface area contributed by atoms with Crippen molar-refractivity contribution in [2.75, 3.05) is 42.5 Å². The lowest BCUT2D eigenvalue weighted by Gasteiger charge is -2.36. The lowest BCUT2D eigenvalue weighted by molar-refractivity contribution is 0.194. The van der Waals surface area contributed by atoms with E-state index in [0.29, 0.717) is 6.54 Å². The number of benzene rings is 2. The number of hydrogen-bond donors (Lipinski definition) is 1. The van der Waals surface area contributed by atoms with Crippen molar-refractivity contribution in [1.82, 2.24) is 15.2 Å². The van der Waals surface area contributed by atoms with Crippen molar-refractivity contribution in [3.05, 3.63) is 89.6 Å². The van der Waals surface area contributed by atoms with E-state index in [0.717, 1.165) is 57.1 Å². The summed E-state index contributed by atoms with van der Waals surface area (Å²) in [6.07, 6.45) is 2.93. The molecule has 5 rings (SSSR count). The van der Waals surface area contributed by atoms with E-state index in [1.807, 2.05) is 17.2 Å². The van der Waals surface area contributed by atoms with Gasteiger partial charge in [0.15, 0.2) is 0 Å². The van der Waals surface area contributed by atoms with Gasteiger partial charge < -0.3 is 20.0 Å². The van der Waals surface area contributed by atoms with E-state index in [9.17, 15) is 4.79 Å². The molecule has 164 valence electrons. The summed E-state index contributed by atoms with van der Waals surface area (Å²) in [5.41, 5.74) is 5.05. The molecule has 0 saturated carbocycles. The largest absolute Gasteiger partial charge is 0.368 e. The summed E-state index contributed by atoms with van der Waals surface area (Å²) < 4.78 is 0. The molecule has 3 heterocycles. The topological polar surface area (TPSA) is 51.7 Å². The van der Waals surface area contributed by atoms with Crippen molar-refractivity contribution < 1.29 is 4.79 Å². The molecule has 0 bridgehead atoms. The van der Waals surface area contributed by atoms with Gasteiger partial charge in [0.25, 0.3) is 0 Å². The van der Waals surface area contributed by atoms with Gasteiger partial charge in [0.2, 0.25) is 0 Å². The van der Waals surface area contributed by atoms with Crippen LogP contribution in [0.25, 0.3) is 0 Å². The fourth-order valence-corrected chi connectivity index (χ4v) is 4.50. The van der Waals surface area contributed by atoms with Crippen LogP contribution in [0.2, 0.25) is 0 Å². The van der Waals surface area contributed by atoms with Gasteiger partial charge in [-0.1, -0.05) is 48.5 Å². The number of aromatic nitrogens is 1. The number of nitrogens with zero attached hydrogens (tertiary/aromatic N) is 4. The van der Waals surface area contributed by atoms with Gasteiger partial charge in [-0.05, 0) is 41.3 Å². The molecule has 2 aliphatic heterocycles. The maximum Gasteiger partial charge on any atom is 0.317 e. The number of nitrogens with one attached hydrogen (secondary N) is 1. The highest BCUT2D eigenvalue weighted by molar-refractivity contribution is 5.74. The summed E-state index contributed by atoms with van der Waals surface area (Å²) in [6.45, 7) is 5.54. The zero-order valence-electron chi connectivity index (χ0n) is 18.3. The number of hydrogen-bond acceptors (Lipinski definition) is 4. The number of rotatable bonds is 4. The maximum absolute atomic E-state index is 12.6. The first-order valence-corrected chi connectivity index (χ1v) is 11.4. The third-order valence-corrected chi connectivity index (χ3v) is 6.40. The predicted molar refractivity (Wildman–Crippen MR) is 128 cm³/mol. The van der Waals surface area contributed by atoms with Crippen LogP contribution >= 0.6 is 0 Å². The minimum absolute atomic E-state index is 0.00516. The average Bonchev–Trinajstić information content (AvgIpc) is 2.88. The number of piperazine rings is 1. The van der Waals surface area contributed by atoms with Gasteiger partial charge >= 0.3 is 6.03 Å². The molecule has 2 aromatic carbocycles. The van der Waals surface area contributed by atoms with E-state index in [1.54, 1.807) is 0 Å². The van der Waals surface area contributed by atoms with E-state index in [2.05, 4.69) is 80.8 Å². The second-order valence-electron chi connectivity index (χ2n) is 8.43. The van der Waals surface area contributed by atoms with Crippen LogP contribution in [0, 0.1) is 0 Å². The van der Waals surface area contributed by atoms with Crippen molar-refractivity contribution in [1.29, 1.82) is 0 Å². The van der Waals surface area contributed by atoms with Crippen LogP contribution in [-0.4, -0.2) is 48.6 Å². The molecule has 2 amide bonds. The fourth-order valence-electron chi connectivity index (χ4n) is 4.50. The molecular formula is C26H29N5O. The molecule has 32 heavy (non-hydrogen) atoms. The Labute approximate surface area is 189 Å². The summed E-state index contributed by atoms with van der Waals surface area (Å²) in [5.74, 6) is 0.992. The molecule has 0 atom stereocenters. The van der Waals surface area contributed by atoms with E-state index in [-0.39, 0.29) is 6.03 Å². The first kappa shape index (κ1) is 20.4. The number of carbonyl (C=O) groups excluding carboxylic acids is 1. The van der Waals surface area contributed by atoms with Crippen LogP contribution in [0.5, 0.6) is 0 Å². The van der Waals surface area contributed by atoms with Crippen LogP contribution in [0.3, 0.4) is 0 Å². The number of carbonyl (C=O) groups is 1. The predicted octanol–water partition coefficient (Wildman–Crippen LogP) is 3.68. The Morgan fingerprint density at radius 1 is 0.812 bits per heavy atom. The molecule has 1 fully saturated rings. The Kier molecular flexibility index (Phi) is 5.92. The molecule has 2 aliphatic rings. The summed E-state index contributed by atoms with van der Waals surface area (Å²) in [5, 5.41) is 3.05. The Hall–Kier alpha value is -3.54. The Bertz CT molecular complexity index is 1050. The number of fused-ring (bicyclic) bond motifs is 1. The zero-order valence-corrected chi connectivity index (χ0v) is 18.3. The molecular weight excluding hydrogens is 398 g/mol. The summed E-state index contributed by atoms with van der Waals surface area (Å²) >= 11 is 0. The summed E-state index contributed by atoms with van der Waals surface area (Å²) in [4.78, 5) is 23.8. The van der Waals surface area contributed by atoms with Crippen LogP contribution in [0.4, 0.5) is 16.3 Å². The quantitative estimate of drug-likeness (QED) is 0.690. The Morgan fingerprint density at radius 3 is 2.31 bits per heavy atom. The van der Waals surface area contributed by atoms with Gasteiger partial charge in [-0.2, -0.15) is 0 Å². The van der Waals surface area contributed by atoms with Crippen molar-refractivity contribution in [2.24, 2.45) is 0 Å². The fraction of sp³-hybridized carbons (Fsp3) is 0.308. The van der Waals surface area contributed by atoms with Gasteiger partial charge in [-0.15, -0.1) is 0 Å². The molecule has 6 nitrogen and oxygen atoms in total. The second kappa shape index (κ2) is 9.30. The van der Waals surface area contributed by atoms with Gasteiger partial charge in [0, 0.05) is 57.7 Å². The standard InChI is InChI=1S/C26H29N5O/c32-26(30-16-14-29(15-17-30)24-8-2-1-3-9-24)28-19-21-10-11-25(27-18-21)31-13-12-22-6-4-5-7-23(22)20-31/h1-11,18H,12-17,19-20H2,(H,28,32). The lowest BCUT2D eigenvalue weighted by atomic mass is 10.00. The lowest BCUT2D eigenvalue weighted by Crippen LogP contribution is -2.51. The SMILES string of the molecule is O=C(NCc1ccc(N2CCc3ccccc3C2)nc1)N1CCN(c2ccccc2)CC1. The number of pyridine rings is 1. The summed E-state index contributed by atoms with van der Waals surface area (Å²) in [6, 6.07) is 23.1. The number of amides is 2. The van der Waals surface area contributed by atoms with Gasteiger partial charge in [-0.3, -0.25) is 0 Å². The Balaban J connectivity index is 1.11. The minimum Gasteiger partial charge on any atom is -0.368 e. The first-order chi connectivity index (χ1) is 15.8. The van der Waals surface area contributed by atoms with Crippen molar-refractivity contribution in [3.63, 3.8) is 0 Å². The summed E-state index contributed by atoms with van der Waals surface area (Å²) in [7, 11) is 0. The van der Waals surface area contributed by atoms with Crippen molar-refractivity contribution in [3.8, 4) is 0 Å². The molecule has 3 aromatic rings. The molecule has 1 aromatic heterocycles. The second-order valence-corrected chi connectivity index (χ2v) is 8.43. The normalized spacial score (nSPS) is 15.9. The number of urea groups is 1. The van der Waals surface area contributed by atoms with E-state index in [4.69, 9.17) is 0 Å². The van der Waals surface area contributed by atoms with Gasteiger partial charge in [-0.25, -0.2) is 9.78 Å². The zero-order chi connectivity index (χ0) is 21.8. The average molecular weight is 428 g/mol. The van der Waals surface area contributed by atoms with E-state index >= 15 is 0 Å². The molecule has 0 radical (unpaired) electrons. The monoisotopic (exact) mass is 427 g/mol. The van der Waals surface area contributed by atoms with Crippen LogP contribution in [-0.2, 0) is 19.5 Å². The smallest absolute Gasteiger partial charge is 0.317 e. The van der Waals surface area contributed by atoms with E-state index in [1.165, 1.54) is 16.8 Å². The number of para-hydroxylation sites is 1. The third kappa shape index (κ3) is 4.54. The molecule has 0 unspecified atom stereocenters. The third-order valence-electron chi connectivity index (χ3n) is 6.40. The van der Waals surface area contributed by atoms with Gasteiger partial charge in [0.1, 0.15) is 5.82 Å². The van der Waals surface area contributed by atoms with Crippen LogP contribution in [0.15, 0.2) is 72.9 Å². The maximum atomic E-state index is 12.6. The highest BCUT2D eigenvalue weighted by Gasteiger charge is 2.21. The van der Waals surface area contributed by atoms with Gasteiger partial charge in [0.05, 0.1) is 0 Å². The molecule has 1 N–H and O–H groups in total. The van der Waals surface area contributed by atoms with Crippen molar-refractivity contribution >= 4 is 17.5 Å². The molecule has 6 heteroatoms. The highest BCUT2D eigenvalue weighted by atomic mass is 16.2. The van der Waals surface area contributed by atoms with E-state index < -0.39 is 0 Å². The van der Waals surface area contributed by atoms with Crippen LogP contribution in [0.1, 0.15) is 16.7 Å². The molecule has 0 aliphatic carbocycles. The number of anilines is 2. The molecule has 1 saturated heterocycles. The van der Waals surface area contributed by atoms with Crippen LogP contribution < -0.4 is 15.1 Å². The molecule has 0 spiro atoms. The first-order valence-electron chi connectivity index (χ1n) is 11.4. The minimum atomic E-state index is -0.00516. The highest BCUT2D eigenvalue weighted by Crippen LogP contribution is 2.23. The van der Waals surface area contributed by atoms with Crippen molar-refractivity contribution in [2.45, 2.75) is 19.5 Å². The Morgan fingerprint density at radius 2 is 1.56 bits per heavy atom.